The van der Waals surface area contributed by atoms with E-state index in [4.69, 9.17) is 25.8 Å². The zero-order chi connectivity index (χ0) is 37.3. The molecule has 14 heteroatoms. The topological polar surface area (TPSA) is 161 Å². The van der Waals surface area contributed by atoms with Crippen molar-refractivity contribution >= 4 is 35.2 Å². The van der Waals surface area contributed by atoms with Gasteiger partial charge in [-0.05, 0) is 80.5 Å². The van der Waals surface area contributed by atoms with Crippen molar-refractivity contribution < 1.29 is 33.4 Å². The summed E-state index contributed by atoms with van der Waals surface area (Å²) in [5, 5.41) is 9.42. The Balaban J connectivity index is 1.43. The first-order chi connectivity index (χ1) is 25.0. The van der Waals surface area contributed by atoms with Gasteiger partial charge >= 0.3 is 0 Å². The number of halogens is 1. The first-order valence-electron chi connectivity index (χ1n) is 17.5. The molecule has 1 atom stereocenters. The van der Waals surface area contributed by atoms with Crippen molar-refractivity contribution in [3.05, 3.63) is 75.7 Å². The molecule has 2 bridgehead atoms. The summed E-state index contributed by atoms with van der Waals surface area (Å²) in [5.41, 5.74) is 2.50. The smallest absolute Gasteiger partial charge is 0.272 e. The van der Waals surface area contributed by atoms with E-state index in [2.05, 4.69) is 25.9 Å². The number of hydrogen-bond donors (Lipinski definition) is 3. The number of aromatic nitrogens is 2. The monoisotopic (exact) mass is 734 g/mol. The number of rotatable bonds is 8. The number of methoxy groups -OCH3 is 2. The lowest BCUT2D eigenvalue weighted by Crippen LogP contribution is -2.50. The van der Waals surface area contributed by atoms with Crippen LogP contribution in [0.2, 0.25) is 5.02 Å². The van der Waals surface area contributed by atoms with Gasteiger partial charge in [-0.2, -0.15) is 0 Å². The van der Waals surface area contributed by atoms with Gasteiger partial charge in [0.15, 0.2) is 18.1 Å². The van der Waals surface area contributed by atoms with Crippen molar-refractivity contribution in [3.8, 4) is 17.4 Å². The number of benzene rings is 1. The highest BCUT2D eigenvalue weighted by atomic mass is 35.5. The van der Waals surface area contributed by atoms with Gasteiger partial charge < -0.3 is 35.1 Å². The van der Waals surface area contributed by atoms with Crippen LogP contribution < -0.4 is 30.2 Å². The van der Waals surface area contributed by atoms with Crippen LogP contribution in [0.3, 0.4) is 0 Å². The molecule has 2 aliphatic rings. The minimum Gasteiger partial charge on any atom is -0.493 e. The van der Waals surface area contributed by atoms with Gasteiger partial charge in [0.25, 0.3) is 11.8 Å². The van der Waals surface area contributed by atoms with E-state index in [0.717, 1.165) is 35.2 Å². The predicted octanol–water partition coefficient (Wildman–Crippen LogP) is 3.96. The van der Waals surface area contributed by atoms with E-state index in [-0.39, 0.29) is 75.1 Å². The first kappa shape index (κ1) is 38.3. The number of carbonyl (C=O) groups excluding carboxylic acids is 4. The number of ether oxygens (including phenoxy) is 3. The number of fused-ring (bicyclic) bond motifs is 2. The molecule has 1 aliphatic heterocycles. The van der Waals surface area contributed by atoms with Crippen LogP contribution in [0.4, 0.5) is 0 Å². The van der Waals surface area contributed by atoms with Crippen LogP contribution >= 0.6 is 11.6 Å². The second kappa shape index (κ2) is 17.5. The highest BCUT2D eigenvalue weighted by molar-refractivity contribution is 6.30. The fraction of sp³-hybridized carbons (Fsp3) is 0.474. The van der Waals surface area contributed by atoms with Crippen LogP contribution in [0.25, 0.3) is 0 Å². The lowest BCUT2D eigenvalue weighted by Gasteiger charge is -2.34. The molecule has 0 radical (unpaired) electrons. The quantitative estimate of drug-likeness (QED) is 0.311. The Labute approximate surface area is 309 Å². The minimum atomic E-state index is -1.02. The number of carbonyl (C=O) groups is 4. The van der Waals surface area contributed by atoms with Crippen molar-refractivity contribution in [2.45, 2.75) is 58.9 Å². The number of aryl methyl sites for hydroxylation is 2. The van der Waals surface area contributed by atoms with Crippen molar-refractivity contribution in [3.63, 3.8) is 0 Å². The number of hydrogen-bond acceptors (Lipinski definition) is 9. The number of nitrogens with one attached hydrogen (secondary N) is 3. The van der Waals surface area contributed by atoms with Gasteiger partial charge in [-0.1, -0.05) is 30.5 Å². The third-order valence-corrected chi connectivity index (χ3v) is 9.66. The summed E-state index contributed by atoms with van der Waals surface area (Å²) >= 11 is 5.98. The van der Waals surface area contributed by atoms with Gasteiger partial charge in [-0.3, -0.25) is 19.2 Å². The molecular weight excluding hydrogens is 688 g/mol. The Morgan fingerprint density at radius 2 is 1.87 bits per heavy atom. The number of amides is 4. The molecule has 278 valence electrons. The van der Waals surface area contributed by atoms with E-state index in [1.165, 1.54) is 19.4 Å². The molecule has 1 unspecified atom stereocenters. The molecule has 3 heterocycles. The van der Waals surface area contributed by atoms with Gasteiger partial charge in [-0.15, -0.1) is 0 Å². The third-order valence-electron chi connectivity index (χ3n) is 9.44. The number of pyridine rings is 2. The molecule has 0 spiro atoms. The Morgan fingerprint density at radius 3 is 2.58 bits per heavy atom. The second-order valence-corrected chi connectivity index (χ2v) is 14.0. The van der Waals surface area contributed by atoms with E-state index in [1.807, 2.05) is 26.0 Å². The molecule has 1 aromatic carbocycles. The molecule has 0 saturated heterocycles. The zero-order valence-electron chi connectivity index (χ0n) is 30.2. The average molecular weight is 735 g/mol. The summed E-state index contributed by atoms with van der Waals surface area (Å²) in [6.07, 6.45) is 4.71. The summed E-state index contributed by atoms with van der Waals surface area (Å²) in [7, 11) is 3.07. The largest absolute Gasteiger partial charge is 0.493 e. The van der Waals surface area contributed by atoms with Gasteiger partial charge in [-0.25, -0.2) is 9.97 Å². The fourth-order valence-corrected chi connectivity index (χ4v) is 6.64. The van der Waals surface area contributed by atoms with E-state index < -0.39 is 5.41 Å². The standard InChI is InChI=1S/C38H47ClN6O7/c1-24-16-25(2)44-35(51-4)29(24)21-42-37(49)38(18-26-7-8-26)19-27-9-12-31(50-3)32(17-27)52-22-34(47)40-13-15-45(14-5-6-33(46)43-23-38)36(48)30-11-10-28(39)20-41-30/h9-12,16-17,20,26H,5-8,13-15,18-19,21-23H2,1-4H3,(H,40,47)(H,42,49)(H,43,46). The maximum Gasteiger partial charge on any atom is 0.272 e. The summed E-state index contributed by atoms with van der Waals surface area (Å²) in [6.45, 7) is 4.42. The van der Waals surface area contributed by atoms with Crippen molar-refractivity contribution in [2.24, 2.45) is 11.3 Å². The molecule has 52 heavy (non-hydrogen) atoms. The molecule has 1 aliphatic carbocycles. The SMILES string of the molecule is COc1ccc2cc1OCC(=O)NCCN(C(=O)c1ccc(Cl)cn1)CCCC(=O)NCC(CC1CC1)(C(=O)NCc1c(C)cc(C)nc1OC)C2. The van der Waals surface area contributed by atoms with Gasteiger partial charge in [0.05, 0.1) is 24.7 Å². The lowest BCUT2D eigenvalue weighted by atomic mass is 9.75. The molecule has 13 nitrogen and oxygen atoms in total. The molecule has 1 saturated carbocycles. The predicted molar refractivity (Wildman–Crippen MR) is 194 cm³/mol. The summed E-state index contributed by atoms with van der Waals surface area (Å²) in [6, 6.07) is 10.5. The minimum absolute atomic E-state index is 0.0956. The van der Waals surface area contributed by atoms with Crippen molar-refractivity contribution in [1.29, 1.82) is 0 Å². The van der Waals surface area contributed by atoms with E-state index in [0.29, 0.717) is 47.6 Å². The van der Waals surface area contributed by atoms with E-state index >= 15 is 0 Å². The van der Waals surface area contributed by atoms with Crippen LogP contribution in [0.1, 0.15) is 65.0 Å². The molecular formula is C38H47ClN6O7. The zero-order valence-corrected chi connectivity index (χ0v) is 30.9. The van der Waals surface area contributed by atoms with E-state index in [9.17, 15) is 19.2 Å². The van der Waals surface area contributed by atoms with Crippen LogP contribution in [0.5, 0.6) is 17.4 Å². The Bertz CT molecular complexity index is 1770. The van der Waals surface area contributed by atoms with Crippen molar-refractivity contribution in [2.75, 3.05) is 47.0 Å². The number of nitrogens with zero attached hydrogens (tertiary/aromatic N) is 3. The molecule has 5 rings (SSSR count). The van der Waals surface area contributed by atoms with Crippen LogP contribution in [0, 0.1) is 25.2 Å². The third kappa shape index (κ3) is 10.1. The van der Waals surface area contributed by atoms with Crippen LogP contribution in [-0.2, 0) is 27.3 Å². The lowest BCUT2D eigenvalue weighted by molar-refractivity contribution is -0.132. The summed E-state index contributed by atoms with van der Waals surface area (Å²) in [5.74, 6) is 0.373. The highest BCUT2D eigenvalue weighted by Crippen LogP contribution is 2.43. The molecule has 1 fully saturated rings. The fourth-order valence-electron chi connectivity index (χ4n) is 6.53. The molecule has 3 N–H and O–H groups in total. The second-order valence-electron chi connectivity index (χ2n) is 13.5. The van der Waals surface area contributed by atoms with Crippen LogP contribution in [-0.4, -0.2) is 85.5 Å². The molecule has 2 aromatic heterocycles. The van der Waals surface area contributed by atoms with Gasteiger partial charge in [0.1, 0.15) is 5.69 Å². The van der Waals surface area contributed by atoms with Crippen molar-refractivity contribution in [1.82, 2.24) is 30.8 Å². The Morgan fingerprint density at radius 1 is 1.06 bits per heavy atom. The normalized spacial score (nSPS) is 18.9. The average Bonchev–Trinajstić information content (AvgIpc) is 3.95. The summed E-state index contributed by atoms with van der Waals surface area (Å²) in [4.78, 5) is 64.4. The molecule has 3 aromatic rings. The van der Waals surface area contributed by atoms with Gasteiger partial charge in [0.2, 0.25) is 17.7 Å². The van der Waals surface area contributed by atoms with E-state index in [1.54, 1.807) is 30.2 Å². The Hall–Kier alpha value is -4.91. The summed E-state index contributed by atoms with van der Waals surface area (Å²) < 4.78 is 17.0. The van der Waals surface area contributed by atoms with Gasteiger partial charge in [0, 0.05) is 56.6 Å². The maximum atomic E-state index is 14.5. The highest BCUT2D eigenvalue weighted by Gasteiger charge is 2.43. The molecule has 4 amide bonds. The Kier molecular flexibility index (Phi) is 12.9. The maximum absolute atomic E-state index is 14.5. The van der Waals surface area contributed by atoms with Crippen LogP contribution in [0.15, 0.2) is 42.6 Å². The first-order valence-corrected chi connectivity index (χ1v) is 17.9.